The highest BCUT2D eigenvalue weighted by atomic mass is 32.1. The van der Waals surface area contributed by atoms with Crippen molar-refractivity contribution in [3.8, 4) is 5.88 Å². The Morgan fingerprint density at radius 3 is 2.83 bits per heavy atom. The summed E-state index contributed by atoms with van der Waals surface area (Å²) in [5, 5.41) is 0.997. The van der Waals surface area contributed by atoms with Crippen LogP contribution in [0.4, 0.5) is 5.13 Å². The average molecular weight is 334 g/mol. The van der Waals surface area contributed by atoms with Gasteiger partial charge < -0.3 is 14.4 Å². The van der Waals surface area contributed by atoms with Crippen molar-refractivity contribution in [3.63, 3.8) is 0 Å². The number of piperidine rings is 1. The molecule has 0 atom stereocenters. The SMILES string of the molecule is COCc1nsc(N2CCC(COc3cccc(C)n3)CC2)n1. The molecule has 0 N–H and O–H groups in total. The molecule has 3 heterocycles. The highest BCUT2D eigenvalue weighted by Gasteiger charge is 2.22. The molecule has 0 spiro atoms. The van der Waals surface area contributed by atoms with E-state index in [9.17, 15) is 0 Å². The van der Waals surface area contributed by atoms with E-state index < -0.39 is 0 Å². The Kier molecular flexibility index (Phi) is 5.40. The largest absolute Gasteiger partial charge is 0.477 e. The van der Waals surface area contributed by atoms with Gasteiger partial charge in [-0.2, -0.15) is 4.37 Å². The van der Waals surface area contributed by atoms with E-state index in [0.29, 0.717) is 12.5 Å². The number of anilines is 1. The molecule has 0 saturated carbocycles. The van der Waals surface area contributed by atoms with Gasteiger partial charge in [0.15, 0.2) is 5.82 Å². The lowest BCUT2D eigenvalue weighted by Crippen LogP contribution is -2.35. The Morgan fingerprint density at radius 2 is 2.09 bits per heavy atom. The van der Waals surface area contributed by atoms with E-state index in [-0.39, 0.29) is 0 Å². The molecule has 6 nitrogen and oxygen atoms in total. The Hall–Kier alpha value is -1.73. The lowest BCUT2D eigenvalue weighted by Gasteiger charge is -2.31. The Bertz CT molecular complexity index is 626. The zero-order chi connectivity index (χ0) is 16.1. The van der Waals surface area contributed by atoms with Crippen molar-refractivity contribution < 1.29 is 9.47 Å². The summed E-state index contributed by atoms with van der Waals surface area (Å²) in [4.78, 5) is 11.2. The number of nitrogens with zero attached hydrogens (tertiary/aromatic N) is 4. The van der Waals surface area contributed by atoms with Gasteiger partial charge in [0.2, 0.25) is 11.0 Å². The number of methoxy groups -OCH3 is 1. The van der Waals surface area contributed by atoms with Gasteiger partial charge in [-0.25, -0.2) is 9.97 Å². The molecule has 7 heteroatoms. The molecule has 0 bridgehead atoms. The first kappa shape index (κ1) is 16.1. The van der Waals surface area contributed by atoms with Crippen LogP contribution in [0.3, 0.4) is 0 Å². The fourth-order valence-electron chi connectivity index (χ4n) is 2.65. The molecule has 1 aliphatic rings. The number of pyridine rings is 1. The second-order valence-corrected chi connectivity index (χ2v) is 6.52. The predicted octanol–water partition coefficient (Wildman–Crippen LogP) is 2.68. The van der Waals surface area contributed by atoms with Crippen LogP contribution in [-0.2, 0) is 11.3 Å². The van der Waals surface area contributed by atoms with Crippen molar-refractivity contribution in [2.45, 2.75) is 26.4 Å². The van der Waals surface area contributed by atoms with E-state index in [2.05, 4.69) is 19.2 Å². The van der Waals surface area contributed by atoms with Gasteiger partial charge in [-0.1, -0.05) is 6.07 Å². The quantitative estimate of drug-likeness (QED) is 0.809. The third-order valence-electron chi connectivity index (χ3n) is 3.95. The number of hydrogen-bond acceptors (Lipinski definition) is 7. The summed E-state index contributed by atoms with van der Waals surface area (Å²) in [6.07, 6.45) is 2.20. The molecule has 2 aromatic rings. The highest BCUT2D eigenvalue weighted by Crippen LogP contribution is 2.25. The van der Waals surface area contributed by atoms with E-state index in [0.717, 1.165) is 55.1 Å². The Balaban J connectivity index is 1.46. The monoisotopic (exact) mass is 334 g/mol. The number of hydrogen-bond donors (Lipinski definition) is 0. The summed E-state index contributed by atoms with van der Waals surface area (Å²) >= 11 is 1.45. The topological polar surface area (TPSA) is 60.4 Å². The first-order chi connectivity index (χ1) is 11.2. The van der Waals surface area contributed by atoms with Gasteiger partial charge in [-0.3, -0.25) is 0 Å². The van der Waals surface area contributed by atoms with Crippen molar-refractivity contribution >= 4 is 16.7 Å². The maximum atomic E-state index is 5.83. The van der Waals surface area contributed by atoms with Crippen LogP contribution < -0.4 is 9.64 Å². The average Bonchev–Trinajstić information content (AvgIpc) is 3.03. The van der Waals surface area contributed by atoms with Gasteiger partial charge in [0.25, 0.3) is 0 Å². The van der Waals surface area contributed by atoms with Crippen LogP contribution in [0.25, 0.3) is 0 Å². The maximum Gasteiger partial charge on any atom is 0.213 e. The predicted molar refractivity (Wildman–Crippen MR) is 90.0 cm³/mol. The van der Waals surface area contributed by atoms with E-state index in [4.69, 9.17) is 9.47 Å². The lowest BCUT2D eigenvalue weighted by molar-refractivity contribution is 0.179. The van der Waals surface area contributed by atoms with Crippen LogP contribution in [0.1, 0.15) is 24.4 Å². The van der Waals surface area contributed by atoms with Crippen LogP contribution in [0.5, 0.6) is 5.88 Å². The van der Waals surface area contributed by atoms with Crippen LogP contribution >= 0.6 is 11.5 Å². The minimum absolute atomic E-state index is 0.476. The van der Waals surface area contributed by atoms with Gasteiger partial charge in [-0.05, 0) is 31.7 Å². The standard InChI is InChI=1S/C16H22N4O2S/c1-12-4-3-5-15(17-12)22-10-13-6-8-20(9-7-13)16-18-14(11-21-2)19-23-16/h3-5,13H,6-11H2,1-2H3. The maximum absolute atomic E-state index is 5.83. The van der Waals surface area contributed by atoms with E-state index >= 15 is 0 Å². The van der Waals surface area contributed by atoms with Gasteiger partial charge in [0, 0.05) is 43.5 Å². The molecular weight excluding hydrogens is 312 g/mol. The third-order valence-corrected chi connectivity index (χ3v) is 4.76. The molecule has 1 saturated heterocycles. The fourth-order valence-corrected chi connectivity index (χ4v) is 3.38. The zero-order valence-corrected chi connectivity index (χ0v) is 14.4. The summed E-state index contributed by atoms with van der Waals surface area (Å²) in [5.41, 5.74) is 0.987. The van der Waals surface area contributed by atoms with Gasteiger partial charge >= 0.3 is 0 Å². The summed E-state index contributed by atoms with van der Waals surface area (Å²) in [5.74, 6) is 2.06. The van der Waals surface area contributed by atoms with Gasteiger partial charge in [0.05, 0.1) is 6.61 Å². The van der Waals surface area contributed by atoms with E-state index in [1.54, 1.807) is 7.11 Å². The van der Waals surface area contributed by atoms with Crippen LogP contribution in [0.15, 0.2) is 18.2 Å². The molecule has 0 radical (unpaired) electrons. The molecule has 23 heavy (non-hydrogen) atoms. The molecule has 0 aromatic carbocycles. The normalized spacial score (nSPS) is 15.8. The first-order valence-electron chi connectivity index (χ1n) is 7.87. The first-order valence-corrected chi connectivity index (χ1v) is 8.65. The number of aryl methyl sites for hydroxylation is 1. The number of aromatic nitrogens is 3. The molecule has 0 unspecified atom stereocenters. The van der Waals surface area contributed by atoms with Gasteiger partial charge in [0.1, 0.15) is 6.61 Å². The third kappa shape index (κ3) is 4.39. The smallest absolute Gasteiger partial charge is 0.213 e. The summed E-state index contributed by atoms with van der Waals surface area (Å²) < 4.78 is 15.2. The van der Waals surface area contributed by atoms with Crippen molar-refractivity contribution in [2.24, 2.45) is 5.92 Å². The second-order valence-electron chi connectivity index (χ2n) is 5.78. The number of rotatable bonds is 6. The van der Waals surface area contributed by atoms with Crippen LogP contribution in [0, 0.1) is 12.8 Å². The Labute approximate surface area is 140 Å². The lowest BCUT2D eigenvalue weighted by atomic mass is 9.98. The minimum atomic E-state index is 0.476. The molecular formula is C16H22N4O2S. The summed E-state index contributed by atoms with van der Waals surface area (Å²) in [6, 6.07) is 5.87. The van der Waals surface area contributed by atoms with E-state index in [1.165, 1.54) is 11.5 Å². The molecule has 3 rings (SSSR count). The van der Waals surface area contributed by atoms with Crippen molar-refractivity contribution in [1.82, 2.24) is 14.3 Å². The van der Waals surface area contributed by atoms with Crippen molar-refractivity contribution in [2.75, 3.05) is 31.7 Å². The molecule has 1 fully saturated rings. The highest BCUT2D eigenvalue weighted by molar-refractivity contribution is 7.09. The molecule has 0 aliphatic carbocycles. The van der Waals surface area contributed by atoms with Crippen LogP contribution in [0.2, 0.25) is 0 Å². The minimum Gasteiger partial charge on any atom is -0.477 e. The second kappa shape index (κ2) is 7.70. The number of ether oxygens (including phenoxy) is 2. The Morgan fingerprint density at radius 1 is 1.26 bits per heavy atom. The zero-order valence-electron chi connectivity index (χ0n) is 13.6. The van der Waals surface area contributed by atoms with Crippen LogP contribution in [-0.4, -0.2) is 41.1 Å². The summed E-state index contributed by atoms with van der Waals surface area (Å²) in [7, 11) is 1.66. The molecule has 2 aromatic heterocycles. The van der Waals surface area contributed by atoms with Crippen molar-refractivity contribution in [3.05, 3.63) is 29.7 Å². The molecule has 0 amide bonds. The summed E-state index contributed by atoms with van der Waals surface area (Å²) in [6.45, 7) is 5.18. The fraction of sp³-hybridized carbons (Fsp3) is 0.562. The van der Waals surface area contributed by atoms with Crippen molar-refractivity contribution in [1.29, 1.82) is 0 Å². The van der Waals surface area contributed by atoms with Gasteiger partial charge in [-0.15, -0.1) is 0 Å². The molecule has 124 valence electrons. The molecule has 1 aliphatic heterocycles. The van der Waals surface area contributed by atoms with E-state index in [1.807, 2.05) is 25.1 Å².